The van der Waals surface area contributed by atoms with Crippen molar-refractivity contribution in [2.45, 2.75) is 74.1 Å². The van der Waals surface area contributed by atoms with Gasteiger partial charge >= 0.3 is 0 Å². The second-order valence-electron chi connectivity index (χ2n) is 7.55. The highest BCUT2D eigenvalue weighted by Crippen LogP contribution is 2.21. The minimum absolute atomic E-state index is 0.124. The fourth-order valence-corrected chi connectivity index (χ4v) is 2.38. The van der Waals surface area contributed by atoms with Crippen LogP contribution < -0.4 is 0 Å². The lowest BCUT2D eigenvalue weighted by Crippen LogP contribution is -2.10. The molecule has 0 fully saturated rings. The number of benzene rings is 2. The van der Waals surface area contributed by atoms with Crippen molar-refractivity contribution in [2.24, 2.45) is 0 Å². The van der Waals surface area contributed by atoms with E-state index in [1.54, 1.807) is 6.92 Å². The molecule has 0 radical (unpaired) electrons. The molecule has 1 heteroatoms. The highest BCUT2D eigenvalue weighted by molar-refractivity contribution is 5.94. The van der Waals surface area contributed by atoms with E-state index >= 15 is 0 Å². The van der Waals surface area contributed by atoms with Gasteiger partial charge in [-0.3, -0.25) is 4.79 Å². The van der Waals surface area contributed by atoms with Crippen LogP contribution >= 0.6 is 0 Å². The zero-order chi connectivity index (χ0) is 21.0. The topological polar surface area (TPSA) is 17.1 Å². The summed E-state index contributed by atoms with van der Waals surface area (Å²) in [4.78, 5) is 11.1. The number of aryl methyl sites for hydroxylation is 2. The minimum Gasteiger partial charge on any atom is -0.295 e. The molecule has 0 saturated heterocycles. The van der Waals surface area contributed by atoms with Gasteiger partial charge in [-0.2, -0.15) is 0 Å². The van der Waals surface area contributed by atoms with E-state index in [1.165, 1.54) is 16.7 Å². The van der Waals surface area contributed by atoms with Crippen molar-refractivity contribution in [1.29, 1.82) is 0 Å². The number of Topliss-reactive ketones (excluding diaryl/α,β-unsaturated/α-hetero) is 1. The van der Waals surface area contributed by atoms with E-state index in [0.717, 1.165) is 17.5 Å². The number of hydrogen-bond acceptors (Lipinski definition) is 1. The third-order valence-electron chi connectivity index (χ3n) is 4.13. The maximum Gasteiger partial charge on any atom is 0.159 e. The molecule has 1 nitrogen and oxygen atoms in total. The monoisotopic (exact) mass is 366 g/mol. The van der Waals surface area contributed by atoms with Crippen molar-refractivity contribution in [3.8, 4) is 0 Å². The lowest BCUT2D eigenvalue weighted by molar-refractivity contribution is 0.101. The molecule has 27 heavy (non-hydrogen) atoms. The van der Waals surface area contributed by atoms with Crippen LogP contribution in [-0.4, -0.2) is 5.78 Å². The van der Waals surface area contributed by atoms with Gasteiger partial charge in [-0.25, -0.2) is 0 Å². The van der Waals surface area contributed by atoms with Gasteiger partial charge in [-0.05, 0) is 55.4 Å². The maximum atomic E-state index is 11.1. The second-order valence-corrected chi connectivity index (χ2v) is 7.55. The Balaban J connectivity index is 0.000000469. The normalized spacial score (nSPS) is 10.6. The van der Waals surface area contributed by atoms with Gasteiger partial charge in [0.1, 0.15) is 0 Å². The first kappa shape index (κ1) is 24.8. The average Bonchev–Trinajstić information content (AvgIpc) is 2.62. The molecule has 0 unspecified atom stereocenters. The second kappa shape index (κ2) is 12.3. The molecule has 148 valence electrons. The van der Waals surface area contributed by atoms with E-state index in [1.807, 2.05) is 39.0 Å². The van der Waals surface area contributed by atoms with Crippen molar-refractivity contribution in [3.05, 3.63) is 76.4 Å². The van der Waals surface area contributed by atoms with E-state index in [2.05, 4.69) is 71.0 Å². The van der Waals surface area contributed by atoms with E-state index in [0.29, 0.717) is 0 Å². The van der Waals surface area contributed by atoms with E-state index in [9.17, 15) is 4.79 Å². The molecule has 0 heterocycles. The van der Waals surface area contributed by atoms with E-state index in [-0.39, 0.29) is 11.2 Å². The van der Waals surface area contributed by atoms with Gasteiger partial charge in [-0.15, -0.1) is 0 Å². The number of ketones is 1. The van der Waals surface area contributed by atoms with E-state index in [4.69, 9.17) is 0 Å². The molecule has 2 aromatic carbocycles. The van der Waals surface area contributed by atoms with Gasteiger partial charge < -0.3 is 0 Å². The lowest BCUT2D eigenvalue weighted by Gasteiger charge is -2.18. The standard InChI is InChI=1S/C13H16O.C11H16.C2H6/c1-4-5-6-12-7-8-13(11(3)14)9-10(12)2;1-9-5-7-10(8-6-9)11(2,3)4;1-2/h5-9H,4H2,1-3H3;5-8H,1-4H3;1-2H3/b6-5-;;. The molecular weight excluding hydrogens is 328 g/mol. The van der Waals surface area contributed by atoms with Crippen LogP contribution in [-0.2, 0) is 5.41 Å². The number of hydrogen-bond donors (Lipinski definition) is 0. The summed E-state index contributed by atoms with van der Waals surface area (Å²) in [5, 5.41) is 0. The Hall–Kier alpha value is -2.15. The van der Waals surface area contributed by atoms with Crippen LogP contribution in [0, 0.1) is 13.8 Å². The van der Waals surface area contributed by atoms with Crippen LogP contribution in [0.4, 0.5) is 0 Å². The fraction of sp³-hybridized carbons (Fsp3) is 0.423. The molecule has 2 rings (SSSR count). The zero-order valence-corrected chi connectivity index (χ0v) is 18.8. The Morgan fingerprint density at radius 2 is 1.52 bits per heavy atom. The highest BCUT2D eigenvalue weighted by Gasteiger charge is 2.11. The van der Waals surface area contributed by atoms with Gasteiger partial charge in [0.15, 0.2) is 5.78 Å². The Morgan fingerprint density at radius 1 is 0.963 bits per heavy atom. The highest BCUT2D eigenvalue weighted by atomic mass is 16.1. The van der Waals surface area contributed by atoms with Crippen LogP contribution in [0.1, 0.15) is 87.5 Å². The van der Waals surface area contributed by atoms with Crippen molar-refractivity contribution in [2.75, 3.05) is 0 Å². The van der Waals surface area contributed by atoms with Crippen LogP contribution in [0.5, 0.6) is 0 Å². The number of allylic oxidation sites excluding steroid dienone is 1. The van der Waals surface area contributed by atoms with Gasteiger partial charge in [0, 0.05) is 5.56 Å². The summed E-state index contributed by atoms with van der Waals surface area (Å²) in [6.45, 7) is 18.5. The summed E-state index contributed by atoms with van der Waals surface area (Å²) in [7, 11) is 0. The molecule has 0 aromatic heterocycles. The maximum absolute atomic E-state index is 11.1. The Labute approximate surface area is 167 Å². The molecule has 0 saturated carbocycles. The Morgan fingerprint density at radius 3 is 1.93 bits per heavy atom. The lowest BCUT2D eigenvalue weighted by atomic mass is 9.87. The molecule has 0 bridgehead atoms. The molecule has 0 aliphatic carbocycles. The summed E-state index contributed by atoms with van der Waals surface area (Å²) in [6.07, 6.45) is 5.25. The predicted molar refractivity (Wildman–Crippen MR) is 122 cm³/mol. The van der Waals surface area contributed by atoms with Crippen molar-refractivity contribution in [1.82, 2.24) is 0 Å². The van der Waals surface area contributed by atoms with Crippen LogP contribution in [0.2, 0.25) is 0 Å². The molecule has 0 atom stereocenters. The summed E-state index contributed by atoms with van der Waals surface area (Å²) < 4.78 is 0. The van der Waals surface area contributed by atoms with Crippen LogP contribution in [0.15, 0.2) is 48.5 Å². The van der Waals surface area contributed by atoms with Crippen molar-refractivity contribution < 1.29 is 4.79 Å². The quantitative estimate of drug-likeness (QED) is 0.504. The summed E-state index contributed by atoms with van der Waals surface area (Å²) in [6, 6.07) is 14.6. The van der Waals surface area contributed by atoms with Gasteiger partial charge in [0.05, 0.1) is 0 Å². The Kier molecular flexibility index (Phi) is 11.3. The molecule has 0 N–H and O–H groups in total. The molecule has 2 aromatic rings. The number of rotatable bonds is 3. The Bertz CT molecular complexity index is 713. The number of carbonyl (C=O) groups excluding carboxylic acids is 1. The van der Waals surface area contributed by atoms with Crippen molar-refractivity contribution >= 4 is 11.9 Å². The molecule has 0 amide bonds. The molecule has 0 aliphatic heterocycles. The third-order valence-corrected chi connectivity index (χ3v) is 4.13. The SMILES string of the molecule is CC.CC/C=C\c1ccc(C(C)=O)cc1C.Cc1ccc(C(C)(C)C)cc1. The third kappa shape index (κ3) is 9.38. The van der Waals surface area contributed by atoms with E-state index < -0.39 is 0 Å². The van der Waals surface area contributed by atoms with Crippen molar-refractivity contribution in [3.63, 3.8) is 0 Å². The van der Waals surface area contributed by atoms with Gasteiger partial charge in [-0.1, -0.05) is 95.7 Å². The molecular formula is C26H38O. The summed E-state index contributed by atoms with van der Waals surface area (Å²) in [5.41, 5.74) is 6.16. The number of carbonyl (C=O) groups is 1. The summed E-state index contributed by atoms with van der Waals surface area (Å²) in [5.74, 6) is 0.124. The van der Waals surface area contributed by atoms with Gasteiger partial charge in [0.2, 0.25) is 0 Å². The first-order valence-electron chi connectivity index (χ1n) is 10.0. The minimum atomic E-state index is 0.124. The first-order chi connectivity index (χ1) is 12.6. The largest absolute Gasteiger partial charge is 0.295 e. The van der Waals surface area contributed by atoms with Gasteiger partial charge in [0.25, 0.3) is 0 Å². The zero-order valence-electron chi connectivity index (χ0n) is 18.8. The predicted octanol–water partition coefficient (Wildman–Crippen LogP) is 7.94. The fourth-order valence-electron chi connectivity index (χ4n) is 2.38. The molecule has 0 aliphatic rings. The molecule has 0 spiro atoms. The smallest absolute Gasteiger partial charge is 0.159 e. The first-order valence-corrected chi connectivity index (χ1v) is 10.0. The summed E-state index contributed by atoms with van der Waals surface area (Å²) >= 11 is 0. The van der Waals surface area contributed by atoms with Crippen LogP contribution in [0.25, 0.3) is 6.08 Å². The average molecular weight is 367 g/mol. The van der Waals surface area contributed by atoms with Crippen LogP contribution in [0.3, 0.4) is 0 Å².